The second-order valence-corrected chi connectivity index (χ2v) is 9.64. The number of ether oxygens (including phenoxy) is 1. The first-order valence-electron chi connectivity index (χ1n) is 11.5. The number of carbonyl (C=O) groups excluding carboxylic acids is 4. The van der Waals surface area contributed by atoms with E-state index in [-0.39, 0.29) is 30.3 Å². The van der Waals surface area contributed by atoms with E-state index in [2.05, 4.69) is 35.5 Å². The van der Waals surface area contributed by atoms with Crippen molar-refractivity contribution in [1.29, 1.82) is 0 Å². The van der Waals surface area contributed by atoms with Gasteiger partial charge in [-0.25, -0.2) is 4.79 Å². The minimum Gasteiger partial charge on any atom is -0.446 e. The Balaban J connectivity index is 1.92. The predicted molar refractivity (Wildman–Crippen MR) is 121 cm³/mol. The highest BCUT2D eigenvalue weighted by atomic mass is 32.1. The van der Waals surface area contributed by atoms with Crippen molar-refractivity contribution in [3.63, 3.8) is 0 Å². The van der Waals surface area contributed by atoms with E-state index in [4.69, 9.17) is 4.74 Å². The van der Waals surface area contributed by atoms with Gasteiger partial charge >= 0.3 is 6.09 Å². The SMILES string of the molecule is CCC1CCC(OC(=O)N[C@@H](CC(C)C)C(=O)N[C@@H](C[C@@H]2CCNC2=O)C(=O)S)CC1. The number of thiol groups is 1. The summed E-state index contributed by atoms with van der Waals surface area (Å²) in [6.45, 7) is 6.64. The molecule has 2 rings (SSSR count). The molecule has 0 aromatic rings. The summed E-state index contributed by atoms with van der Waals surface area (Å²) in [7, 11) is 0. The fourth-order valence-corrected chi connectivity index (χ4v) is 4.51. The Bertz CT molecular complexity index is 649. The van der Waals surface area contributed by atoms with Gasteiger partial charge in [0.05, 0.1) is 6.04 Å². The van der Waals surface area contributed by atoms with Crippen LogP contribution in [-0.2, 0) is 19.1 Å². The normalized spacial score (nSPS) is 25.5. The van der Waals surface area contributed by atoms with Gasteiger partial charge in [0.15, 0.2) is 0 Å². The van der Waals surface area contributed by atoms with Gasteiger partial charge in [0.1, 0.15) is 12.1 Å². The molecule has 0 unspecified atom stereocenters. The molecule has 3 N–H and O–H groups in total. The molecule has 3 amide bonds. The van der Waals surface area contributed by atoms with Crippen molar-refractivity contribution >= 4 is 35.7 Å². The van der Waals surface area contributed by atoms with E-state index in [1.54, 1.807) is 0 Å². The van der Waals surface area contributed by atoms with Gasteiger partial charge in [0.25, 0.3) is 0 Å². The van der Waals surface area contributed by atoms with Crippen LogP contribution in [-0.4, -0.2) is 47.8 Å². The van der Waals surface area contributed by atoms with Crippen molar-refractivity contribution in [3.8, 4) is 0 Å². The lowest BCUT2D eigenvalue weighted by Crippen LogP contribution is -2.52. The molecular formula is C22H37N3O5S. The summed E-state index contributed by atoms with van der Waals surface area (Å²) < 4.78 is 5.56. The van der Waals surface area contributed by atoms with E-state index in [0.717, 1.165) is 32.1 Å². The summed E-state index contributed by atoms with van der Waals surface area (Å²) in [5, 5.41) is 7.57. The van der Waals surface area contributed by atoms with E-state index >= 15 is 0 Å². The Morgan fingerprint density at radius 1 is 1.10 bits per heavy atom. The van der Waals surface area contributed by atoms with Crippen LogP contribution in [0.25, 0.3) is 0 Å². The fourth-order valence-electron chi connectivity index (χ4n) is 4.34. The predicted octanol–water partition coefficient (Wildman–Crippen LogP) is 2.56. The third-order valence-corrected chi connectivity index (χ3v) is 6.57. The van der Waals surface area contributed by atoms with Crippen LogP contribution in [0.15, 0.2) is 0 Å². The van der Waals surface area contributed by atoms with Crippen LogP contribution >= 0.6 is 12.6 Å². The first kappa shape index (κ1) is 25.5. The molecule has 2 fully saturated rings. The van der Waals surface area contributed by atoms with E-state index in [9.17, 15) is 19.2 Å². The maximum Gasteiger partial charge on any atom is 0.408 e. The molecule has 1 saturated heterocycles. The number of hydrogen-bond donors (Lipinski definition) is 4. The van der Waals surface area contributed by atoms with Crippen molar-refractivity contribution in [2.24, 2.45) is 17.8 Å². The maximum absolute atomic E-state index is 12.9. The summed E-state index contributed by atoms with van der Waals surface area (Å²) in [6.07, 6.45) is 5.40. The molecule has 1 aliphatic carbocycles. The fraction of sp³-hybridized carbons (Fsp3) is 0.818. The van der Waals surface area contributed by atoms with E-state index in [0.29, 0.717) is 25.3 Å². The van der Waals surface area contributed by atoms with Crippen LogP contribution in [0.2, 0.25) is 0 Å². The Hall–Kier alpha value is -1.77. The van der Waals surface area contributed by atoms with Gasteiger partial charge in [-0.05, 0) is 56.8 Å². The van der Waals surface area contributed by atoms with Crippen LogP contribution in [0, 0.1) is 17.8 Å². The van der Waals surface area contributed by atoms with E-state index in [1.165, 1.54) is 0 Å². The molecule has 176 valence electrons. The van der Waals surface area contributed by atoms with Crippen LogP contribution in [0.5, 0.6) is 0 Å². The molecule has 1 aliphatic heterocycles. The average molecular weight is 456 g/mol. The number of carbonyl (C=O) groups is 4. The zero-order valence-electron chi connectivity index (χ0n) is 18.8. The highest BCUT2D eigenvalue weighted by Gasteiger charge is 2.33. The smallest absolute Gasteiger partial charge is 0.408 e. The molecule has 2 aliphatic rings. The van der Waals surface area contributed by atoms with Gasteiger partial charge in [-0.2, -0.15) is 0 Å². The highest BCUT2D eigenvalue weighted by molar-refractivity contribution is 7.96. The lowest BCUT2D eigenvalue weighted by molar-refractivity contribution is -0.128. The first-order valence-corrected chi connectivity index (χ1v) is 11.9. The Kier molecular flexibility index (Phi) is 10.1. The molecule has 31 heavy (non-hydrogen) atoms. The topological polar surface area (TPSA) is 114 Å². The van der Waals surface area contributed by atoms with Crippen molar-refractivity contribution < 1.29 is 23.9 Å². The lowest BCUT2D eigenvalue weighted by Gasteiger charge is -2.29. The van der Waals surface area contributed by atoms with Crippen molar-refractivity contribution in [2.75, 3.05) is 6.54 Å². The molecule has 0 radical (unpaired) electrons. The van der Waals surface area contributed by atoms with Crippen molar-refractivity contribution in [3.05, 3.63) is 0 Å². The molecule has 1 saturated carbocycles. The van der Waals surface area contributed by atoms with Gasteiger partial charge in [-0.1, -0.05) is 27.2 Å². The van der Waals surface area contributed by atoms with Crippen LogP contribution in [0.1, 0.15) is 72.1 Å². The quantitative estimate of drug-likeness (QED) is 0.378. The Morgan fingerprint density at radius 2 is 1.77 bits per heavy atom. The third-order valence-electron chi connectivity index (χ3n) is 6.26. The molecule has 8 nitrogen and oxygen atoms in total. The van der Waals surface area contributed by atoms with Crippen LogP contribution in [0.4, 0.5) is 4.79 Å². The van der Waals surface area contributed by atoms with Crippen LogP contribution in [0.3, 0.4) is 0 Å². The minimum absolute atomic E-state index is 0.118. The Morgan fingerprint density at radius 3 is 2.29 bits per heavy atom. The number of alkyl carbamates (subject to hydrolysis) is 1. The first-order chi connectivity index (χ1) is 14.7. The number of hydrogen-bond acceptors (Lipinski definition) is 5. The maximum atomic E-state index is 12.9. The number of amides is 3. The third kappa shape index (κ3) is 8.35. The molecule has 3 atom stereocenters. The summed E-state index contributed by atoms with van der Waals surface area (Å²) >= 11 is 3.88. The zero-order valence-corrected chi connectivity index (χ0v) is 19.7. The molecule has 9 heteroatoms. The summed E-state index contributed by atoms with van der Waals surface area (Å²) in [5.41, 5.74) is 0. The van der Waals surface area contributed by atoms with Gasteiger partial charge in [-0.15, -0.1) is 12.6 Å². The van der Waals surface area contributed by atoms with Gasteiger partial charge in [0.2, 0.25) is 16.9 Å². The lowest BCUT2D eigenvalue weighted by atomic mass is 9.86. The molecular weight excluding hydrogens is 418 g/mol. The largest absolute Gasteiger partial charge is 0.446 e. The molecule has 0 bridgehead atoms. The molecule has 1 heterocycles. The minimum atomic E-state index is -0.888. The van der Waals surface area contributed by atoms with Gasteiger partial charge in [0, 0.05) is 12.5 Å². The molecule has 0 aromatic heterocycles. The monoisotopic (exact) mass is 455 g/mol. The summed E-state index contributed by atoms with van der Waals surface area (Å²) in [5.74, 6) is -0.0823. The average Bonchev–Trinajstić information content (AvgIpc) is 3.11. The van der Waals surface area contributed by atoms with Gasteiger partial charge < -0.3 is 20.7 Å². The van der Waals surface area contributed by atoms with Gasteiger partial charge in [-0.3, -0.25) is 14.4 Å². The molecule has 0 spiro atoms. The molecule has 0 aromatic carbocycles. The van der Waals surface area contributed by atoms with E-state index < -0.39 is 29.2 Å². The Labute approximate surface area is 190 Å². The standard InChI is InChI=1S/C22H37N3O5S/c1-4-14-5-7-16(8-6-14)30-22(29)25-17(11-13(2)3)20(27)24-18(21(28)31)12-15-9-10-23-19(15)26/h13-18H,4-12H2,1-3H3,(H,23,26)(H,24,27)(H,25,29)(H,28,31)/t14?,15-,16?,17-,18-/m0/s1. The number of nitrogens with one attached hydrogen (secondary N) is 3. The van der Waals surface area contributed by atoms with Crippen molar-refractivity contribution in [1.82, 2.24) is 16.0 Å². The zero-order chi connectivity index (χ0) is 23.0. The second-order valence-electron chi connectivity index (χ2n) is 9.19. The second kappa shape index (κ2) is 12.3. The van der Waals surface area contributed by atoms with E-state index in [1.807, 2.05) is 13.8 Å². The van der Waals surface area contributed by atoms with Crippen molar-refractivity contribution in [2.45, 2.75) is 90.3 Å². The number of rotatable bonds is 10. The highest BCUT2D eigenvalue weighted by Crippen LogP contribution is 2.28. The van der Waals surface area contributed by atoms with Crippen LogP contribution < -0.4 is 16.0 Å². The summed E-state index contributed by atoms with van der Waals surface area (Å²) in [4.78, 5) is 49.1. The summed E-state index contributed by atoms with van der Waals surface area (Å²) in [6, 6.07) is -1.71.